The summed E-state index contributed by atoms with van der Waals surface area (Å²) in [6.07, 6.45) is 2.38. The minimum absolute atomic E-state index is 0.152. The number of carboxylic acid groups (broad SMARTS) is 1. The van der Waals surface area contributed by atoms with Gasteiger partial charge >= 0.3 is 5.97 Å². The van der Waals surface area contributed by atoms with E-state index >= 15 is 0 Å². The Morgan fingerprint density at radius 2 is 2.28 bits per heavy atom. The fraction of sp³-hybridized carbons (Fsp3) is 0.500. The van der Waals surface area contributed by atoms with Crippen LogP contribution in [-0.4, -0.2) is 47.6 Å². The molecule has 6 heteroatoms. The first-order chi connectivity index (χ1) is 8.40. The summed E-state index contributed by atoms with van der Waals surface area (Å²) in [4.78, 5) is 17.1. The van der Waals surface area contributed by atoms with Crippen molar-refractivity contribution in [3.8, 4) is 0 Å². The Balaban J connectivity index is 2.74. The van der Waals surface area contributed by atoms with E-state index < -0.39 is 5.97 Å². The molecular formula is C12H20N4O2. The number of hydrogen-bond donors (Lipinski definition) is 3. The van der Waals surface area contributed by atoms with E-state index in [-0.39, 0.29) is 17.4 Å². The van der Waals surface area contributed by atoms with E-state index in [1.165, 1.54) is 12.3 Å². The lowest BCUT2D eigenvalue weighted by atomic mass is 10.1. The quantitative estimate of drug-likeness (QED) is 0.702. The van der Waals surface area contributed by atoms with E-state index in [2.05, 4.69) is 15.2 Å². The third-order valence-corrected chi connectivity index (χ3v) is 2.57. The summed E-state index contributed by atoms with van der Waals surface area (Å²) >= 11 is 0. The molecule has 1 atom stereocenters. The summed E-state index contributed by atoms with van der Waals surface area (Å²) in [5, 5.41) is 12.2. The van der Waals surface area contributed by atoms with Crippen LogP contribution in [0.3, 0.4) is 0 Å². The number of nitrogens with two attached hydrogens (primary N) is 1. The number of pyridine rings is 1. The molecule has 4 N–H and O–H groups in total. The molecule has 1 aromatic heterocycles. The smallest absolute Gasteiger partial charge is 0.337 e. The minimum Gasteiger partial charge on any atom is -0.478 e. The molecule has 1 heterocycles. The fourth-order valence-electron chi connectivity index (χ4n) is 1.55. The van der Waals surface area contributed by atoms with Crippen molar-refractivity contribution in [2.75, 3.05) is 31.7 Å². The van der Waals surface area contributed by atoms with Gasteiger partial charge in [-0.2, -0.15) is 0 Å². The average Bonchev–Trinajstić information content (AvgIpc) is 2.28. The molecule has 0 spiro atoms. The highest BCUT2D eigenvalue weighted by Crippen LogP contribution is 2.18. The maximum absolute atomic E-state index is 11.1. The van der Waals surface area contributed by atoms with Crippen LogP contribution < -0.4 is 11.1 Å². The topological polar surface area (TPSA) is 91.5 Å². The highest BCUT2D eigenvalue weighted by Gasteiger charge is 2.13. The van der Waals surface area contributed by atoms with E-state index in [0.29, 0.717) is 5.69 Å². The lowest BCUT2D eigenvalue weighted by Gasteiger charge is -2.18. The molecule has 0 bridgehead atoms. The van der Waals surface area contributed by atoms with E-state index in [1.807, 2.05) is 21.0 Å². The molecule has 0 aliphatic heterocycles. The van der Waals surface area contributed by atoms with Crippen LogP contribution in [0.1, 0.15) is 23.7 Å². The average molecular weight is 252 g/mol. The molecule has 0 fully saturated rings. The molecule has 18 heavy (non-hydrogen) atoms. The number of nitrogens with zero attached hydrogens (tertiary/aromatic N) is 2. The number of aromatic carboxylic acids is 1. The maximum Gasteiger partial charge on any atom is 0.337 e. The molecule has 0 saturated heterocycles. The first-order valence-electron chi connectivity index (χ1n) is 5.80. The van der Waals surface area contributed by atoms with Crippen LogP contribution in [0.15, 0.2) is 12.3 Å². The Kier molecular flexibility index (Phi) is 4.91. The summed E-state index contributed by atoms with van der Waals surface area (Å²) in [6, 6.07) is 1.53. The maximum atomic E-state index is 11.1. The second-order valence-corrected chi connectivity index (χ2v) is 4.60. The number of hydrogen-bond acceptors (Lipinski definition) is 5. The molecule has 0 saturated carbocycles. The van der Waals surface area contributed by atoms with Gasteiger partial charge in [-0.1, -0.05) is 0 Å². The van der Waals surface area contributed by atoms with Gasteiger partial charge in [-0.25, -0.2) is 9.78 Å². The van der Waals surface area contributed by atoms with Crippen molar-refractivity contribution in [3.63, 3.8) is 0 Å². The lowest BCUT2D eigenvalue weighted by Crippen LogP contribution is -2.24. The van der Waals surface area contributed by atoms with Gasteiger partial charge in [0, 0.05) is 6.04 Å². The zero-order chi connectivity index (χ0) is 13.7. The third kappa shape index (κ3) is 4.21. The predicted octanol–water partition coefficient (Wildman–Crippen LogP) is 1.11. The summed E-state index contributed by atoms with van der Waals surface area (Å²) in [6.45, 7) is 2.93. The van der Waals surface area contributed by atoms with Gasteiger partial charge in [0.2, 0.25) is 0 Å². The summed E-state index contributed by atoms with van der Waals surface area (Å²) in [5.74, 6) is -0.801. The molecule has 1 aromatic rings. The Labute approximate surface area is 107 Å². The Morgan fingerprint density at radius 1 is 1.61 bits per heavy atom. The second-order valence-electron chi connectivity index (χ2n) is 4.60. The standard InChI is InChI=1S/C12H20N4O2/c1-8(4-5-16(2)3)15-10-7-14-11(13)6-9(10)12(17)18/h6-8,15H,4-5H2,1-3H3,(H2,13,14)(H,17,18). The van der Waals surface area contributed by atoms with Gasteiger partial charge in [0.05, 0.1) is 17.4 Å². The molecule has 100 valence electrons. The molecule has 0 radical (unpaired) electrons. The van der Waals surface area contributed by atoms with Crippen molar-refractivity contribution >= 4 is 17.5 Å². The summed E-state index contributed by atoms with van der Waals surface area (Å²) < 4.78 is 0. The van der Waals surface area contributed by atoms with Gasteiger partial charge in [0.25, 0.3) is 0 Å². The van der Waals surface area contributed by atoms with Crippen LogP contribution >= 0.6 is 0 Å². The molecule has 0 aliphatic carbocycles. The number of carboxylic acids is 1. The van der Waals surface area contributed by atoms with E-state index in [4.69, 9.17) is 10.8 Å². The molecule has 0 amide bonds. The van der Waals surface area contributed by atoms with Gasteiger partial charge in [-0.3, -0.25) is 0 Å². The van der Waals surface area contributed by atoms with Crippen molar-refractivity contribution in [1.82, 2.24) is 9.88 Å². The number of nitrogens with one attached hydrogen (secondary N) is 1. The van der Waals surface area contributed by atoms with Gasteiger partial charge in [0.15, 0.2) is 0 Å². The molecule has 1 rings (SSSR count). The fourth-order valence-corrected chi connectivity index (χ4v) is 1.55. The van der Waals surface area contributed by atoms with Crippen molar-refractivity contribution in [2.45, 2.75) is 19.4 Å². The Bertz CT molecular complexity index is 421. The number of carbonyl (C=O) groups is 1. The van der Waals surface area contributed by atoms with Crippen molar-refractivity contribution in [1.29, 1.82) is 0 Å². The van der Waals surface area contributed by atoms with Crippen LogP contribution in [0.2, 0.25) is 0 Å². The lowest BCUT2D eigenvalue weighted by molar-refractivity contribution is 0.0698. The minimum atomic E-state index is -1.01. The van der Waals surface area contributed by atoms with Crippen molar-refractivity contribution in [2.24, 2.45) is 0 Å². The molecule has 6 nitrogen and oxygen atoms in total. The summed E-state index contributed by atoms with van der Waals surface area (Å²) in [5.41, 5.74) is 6.14. The van der Waals surface area contributed by atoms with Crippen molar-refractivity contribution in [3.05, 3.63) is 17.8 Å². The van der Waals surface area contributed by atoms with Crippen molar-refractivity contribution < 1.29 is 9.90 Å². The Hall–Kier alpha value is -1.82. The second kappa shape index (κ2) is 6.20. The van der Waals surface area contributed by atoms with Crippen LogP contribution in [0.5, 0.6) is 0 Å². The molecular weight excluding hydrogens is 232 g/mol. The van der Waals surface area contributed by atoms with Gasteiger partial charge in [-0.05, 0) is 40.1 Å². The van der Waals surface area contributed by atoms with Gasteiger partial charge < -0.3 is 21.1 Å². The Morgan fingerprint density at radius 3 is 2.83 bits per heavy atom. The highest BCUT2D eigenvalue weighted by atomic mass is 16.4. The normalized spacial score (nSPS) is 12.4. The van der Waals surface area contributed by atoms with E-state index in [9.17, 15) is 4.79 Å². The SMILES string of the molecule is CC(CCN(C)C)Nc1cnc(N)cc1C(=O)O. The largest absolute Gasteiger partial charge is 0.478 e. The molecule has 0 aromatic carbocycles. The third-order valence-electron chi connectivity index (χ3n) is 2.57. The number of anilines is 2. The van der Waals surface area contributed by atoms with Crippen LogP contribution in [0, 0.1) is 0 Å². The van der Waals surface area contributed by atoms with E-state index in [0.717, 1.165) is 13.0 Å². The van der Waals surface area contributed by atoms with Crippen LogP contribution in [0.4, 0.5) is 11.5 Å². The van der Waals surface area contributed by atoms with Gasteiger partial charge in [0.1, 0.15) is 5.82 Å². The predicted molar refractivity (Wildman–Crippen MR) is 71.9 cm³/mol. The first-order valence-corrected chi connectivity index (χ1v) is 5.80. The number of rotatable bonds is 6. The zero-order valence-electron chi connectivity index (χ0n) is 11.0. The molecule has 0 aliphatic rings. The van der Waals surface area contributed by atoms with Crippen LogP contribution in [-0.2, 0) is 0 Å². The molecule has 1 unspecified atom stereocenters. The highest BCUT2D eigenvalue weighted by molar-refractivity contribution is 5.94. The van der Waals surface area contributed by atoms with Gasteiger partial charge in [-0.15, -0.1) is 0 Å². The first kappa shape index (κ1) is 14.2. The van der Waals surface area contributed by atoms with E-state index in [1.54, 1.807) is 0 Å². The number of aromatic nitrogens is 1. The monoisotopic (exact) mass is 252 g/mol. The van der Waals surface area contributed by atoms with Crippen LogP contribution in [0.25, 0.3) is 0 Å². The summed E-state index contributed by atoms with van der Waals surface area (Å²) in [7, 11) is 4.00. The number of nitrogen functional groups attached to an aromatic ring is 1. The zero-order valence-corrected chi connectivity index (χ0v) is 11.0.